The van der Waals surface area contributed by atoms with Crippen LogP contribution in [0.15, 0.2) is 24.3 Å². The van der Waals surface area contributed by atoms with Crippen molar-refractivity contribution in [3.05, 3.63) is 29.8 Å². The predicted octanol–water partition coefficient (Wildman–Crippen LogP) is 2.74. The highest BCUT2D eigenvalue weighted by molar-refractivity contribution is 8.00. The third-order valence-electron chi connectivity index (χ3n) is 4.89. The molecule has 2 N–H and O–H groups in total. The molecule has 10 heteroatoms. The Kier molecular flexibility index (Phi) is 9.89. The zero-order chi connectivity index (χ0) is 18.6. The second kappa shape index (κ2) is 11.1. The average Bonchev–Trinajstić information content (AvgIpc) is 3.04. The van der Waals surface area contributed by atoms with Crippen molar-refractivity contribution in [3.8, 4) is 0 Å². The Hall–Kier alpha value is -1.16. The standard InChI is InChI=1S/C18H24F3N3OS.ClH.H2O/c19-18(20,21)15-4-3-5-16(12-15)23-10-8-22(9-11-23)6-1-2-7-24-14-26-13-17(24)25;;/h3-5,12H,1-2,6-11,13-14H2;1H;1H2. The minimum absolute atomic E-state index is 0. The van der Waals surface area contributed by atoms with Crippen LogP contribution >= 0.6 is 24.2 Å². The van der Waals surface area contributed by atoms with Crippen LogP contribution in [0.5, 0.6) is 0 Å². The number of amides is 1. The minimum Gasteiger partial charge on any atom is -0.412 e. The molecule has 1 amide bonds. The average molecular weight is 442 g/mol. The summed E-state index contributed by atoms with van der Waals surface area (Å²) in [5.74, 6) is 1.66. The van der Waals surface area contributed by atoms with Crippen molar-refractivity contribution in [2.24, 2.45) is 0 Å². The van der Waals surface area contributed by atoms with Crippen LogP contribution < -0.4 is 4.90 Å². The molecule has 5 nitrogen and oxygen atoms in total. The van der Waals surface area contributed by atoms with Gasteiger partial charge in [0, 0.05) is 38.4 Å². The Morgan fingerprint density at radius 2 is 1.71 bits per heavy atom. The van der Waals surface area contributed by atoms with E-state index in [9.17, 15) is 18.0 Å². The molecule has 2 fully saturated rings. The summed E-state index contributed by atoms with van der Waals surface area (Å²) < 4.78 is 38.6. The van der Waals surface area contributed by atoms with Gasteiger partial charge in [-0.1, -0.05) is 6.07 Å². The number of piperazine rings is 1. The maximum atomic E-state index is 12.9. The zero-order valence-electron chi connectivity index (χ0n) is 15.6. The van der Waals surface area contributed by atoms with Crippen LogP contribution in [0.2, 0.25) is 0 Å². The molecule has 0 radical (unpaired) electrons. The van der Waals surface area contributed by atoms with Gasteiger partial charge in [0.1, 0.15) is 0 Å². The zero-order valence-corrected chi connectivity index (χ0v) is 17.2. The second-order valence-electron chi connectivity index (χ2n) is 6.72. The van der Waals surface area contributed by atoms with E-state index in [1.807, 2.05) is 9.80 Å². The molecule has 2 aliphatic rings. The second-order valence-corrected chi connectivity index (χ2v) is 7.67. The van der Waals surface area contributed by atoms with Crippen LogP contribution in [-0.4, -0.2) is 72.1 Å². The number of carbonyl (C=O) groups excluding carboxylic acids is 1. The van der Waals surface area contributed by atoms with Crippen molar-refractivity contribution in [2.75, 3.05) is 55.8 Å². The van der Waals surface area contributed by atoms with E-state index >= 15 is 0 Å². The molecule has 0 saturated carbocycles. The summed E-state index contributed by atoms with van der Waals surface area (Å²) in [5, 5.41) is 0. The Labute approximate surface area is 173 Å². The third-order valence-corrected chi connectivity index (χ3v) is 5.83. The van der Waals surface area contributed by atoms with Gasteiger partial charge in [-0.3, -0.25) is 9.69 Å². The Morgan fingerprint density at radius 3 is 2.32 bits per heavy atom. The van der Waals surface area contributed by atoms with Gasteiger partial charge in [0.2, 0.25) is 5.91 Å². The van der Waals surface area contributed by atoms with Crippen molar-refractivity contribution in [1.29, 1.82) is 0 Å². The quantitative estimate of drug-likeness (QED) is 0.637. The van der Waals surface area contributed by atoms with Crippen molar-refractivity contribution in [1.82, 2.24) is 9.80 Å². The lowest BCUT2D eigenvalue weighted by Crippen LogP contribution is -2.46. The third kappa shape index (κ3) is 6.72. The SMILES string of the molecule is Cl.O.O=C1CSCN1CCCCN1CCN(c2cccc(C(F)(F)F)c2)CC1. The molecule has 0 atom stereocenters. The minimum atomic E-state index is -4.30. The van der Waals surface area contributed by atoms with Gasteiger partial charge in [-0.25, -0.2) is 0 Å². The molecular formula is C18H27ClF3N3O2S. The first kappa shape index (κ1) is 24.9. The van der Waals surface area contributed by atoms with Crippen LogP contribution in [-0.2, 0) is 11.0 Å². The van der Waals surface area contributed by atoms with Crippen molar-refractivity contribution < 1.29 is 23.4 Å². The normalized spacial score (nSPS) is 18.0. The number of anilines is 1. The van der Waals surface area contributed by atoms with Gasteiger partial charge in [0.25, 0.3) is 0 Å². The summed E-state index contributed by atoms with van der Waals surface area (Å²) in [4.78, 5) is 17.8. The highest BCUT2D eigenvalue weighted by atomic mass is 35.5. The first-order valence-electron chi connectivity index (χ1n) is 8.93. The maximum Gasteiger partial charge on any atom is 0.416 e. The number of nitrogens with zero attached hydrogens (tertiary/aromatic N) is 3. The first-order chi connectivity index (χ1) is 12.4. The largest absolute Gasteiger partial charge is 0.416 e. The summed E-state index contributed by atoms with van der Waals surface area (Å²) in [6.07, 6.45) is -2.26. The number of unbranched alkanes of at least 4 members (excludes halogenated alkanes) is 1. The number of benzene rings is 1. The van der Waals surface area contributed by atoms with Crippen molar-refractivity contribution >= 4 is 35.8 Å². The molecule has 0 aromatic heterocycles. The predicted molar refractivity (Wildman–Crippen MR) is 109 cm³/mol. The van der Waals surface area contributed by atoms with E-state index in [1.165, 1.54) is 12.1 Å². The molecule has 2 saturated heterocycles. The molecule has 0 spiro atoms. The van der Waals surface area contributed by atoms with Gasteiger partial charge in [0.15, 0.2) is 0 Å². The molecule has 2 aliphatic heterocycles. The van der Waals surface area contributed by atoms with E-state index in [0.717, 1.165) is 64.1 Å². The lowest BCUT2D eigenvalue weighted by Gasteiger charge is -2.36. The van der Waals surface area contributed by atoms with Crippen LogP contribution in [0.4, 0.5) is 18.9 Å². The van der Waals surface area contributed by atoms with Gasteiger partial charge >= 0.3 is 6.18 Å². The number of alkyl halides is 3. The Morgan fingerprint density at radius 1 is 1.04 bits per heavy atom. The summed E-state index contributed by atoms with van der Waals surface area (Å²) in [6, 6.07) is 5.57. The smallest absolute Gasteiger partial charge is 0.412 e. The summed E-state index contributed by atoms with van der Waals surface area (Å²) in [5.41, 5.74) is 0.0524. The molecule has 2 heterocycles. The molecule has 0 unspecified atom stereocenters. The van der Waals surface area contributed by atoms with E-state index in [-0.39, 0.29) is 23.8 Å². The van der Waals surface area contributed by atoms with Crippen molar-refractivity contribution in [2.45, 2.75) is 19.0 Å². The number of thioether (sulfide) groups is 1. The van der Waals surface area contributed by atoms with Gasteiger partial charge < -0.3 is 15.3 Å². The summed E-state index contributed by atoms with van der Waals surface area (Å²) >= 11 is 1.67. The van der Waals surface area contributed by atoms with Gasteiger partial charge in [-0.05, 0) is 37.6 Å². The lowest BCUT2D eigenvalue weighted by atomic mass is 10.1. The molecule has 0 aliphatic carbocycles. The Bertz CT molecular complexity index is 628. The highest BCUT2D eigenvalue weighted by Crippen LogP contribution is 2.31. The fourth-order valence-corrected chi connectivity index (χ4v) is 4.28. The molecule has 3 rings (SSSR count). The molecule has 1 aromatic carbocycles. The van der Waals surface area contributed by atoms with E-state index in [1.54, 1.807) is 17.8 Å². The topological polar surface area (TPSA) is 58.3 Å². The number of hydrogen-bond donors (Lipinski definition) is 0. The van der Waals surface area contributed by atoms with Crippen LogP contribution in [0.1, 0.15) is 18.4 Å². The van der Waals surface area contributed by atoms with E-state index in [4.69, 9.17) is 0 Å². The molecule has 1 aromatic rings. The van der Waals surface area contributed by atoms with E-state index < -0.39 is 11.7 Å². The van der Waals surface area contributed by atoms with E-state index in [0.29, 0.717) is 11.4 Å². The number of rotatable bonds is 6. The fraction of sp³-hybridized carbons (Fsp3) is 0.611. The number of carbonyl (C=O) groups is 1. The summed E-state index contributed by atoms with van der Waals surface area (Å²) in [7, 11) is 0. The fourth-order valence-electron chi connectivity index (χ4n) is 3.34. The number of hydrogen-bond acceptors (Lipinski definition) is 4. The van der Waals surface area contributed by atoms with Crippen LogP contribution in [0.25, 0.3) is 0 Å². The van der Waals surface area contributed by atoms with E-state index in [2.05, 4.69) is 4.90 Å². The van der Waals surface area contributed by atoms with Crippen LogP contribution in [0.3, 0.4) is 0 Å². The van der Waals surface area contributed by atoms with Crippen molar-refractivity contribution in [3.63, 3.8) is 0 Å². The van der Waals surface area contributed by atoms with Gasteiger partial charge in [-0.15, -0.1) is 24.2 Å². The number of halogens is 4. The Balaban J connectivity index is 0.00000196. The molecule has 0 bridgehead atoms. The summed E-state index contributed by atoms with van der Waals surface area (Å²) in [6.45, 7) is 5.00. The first-order valence-corrected chi connectivity index (χ1v) is 10.1. The molecule has 28 heavy (non-hydrogen) atoms. The maximum absolute atomic E-state index is 12.9. The monoisotopic (exact) mass is 441 g/mol. The highest BCUT2D eigenvalue weighted by Gasteiger charge is 2.31. The lowest BCUT2D eigenvalue weighted by molar-refractivity contribution is -0.137. The van der Waals surface area contributed by atoms with Gasteiger partial charge in [-0.2, -0.15) is 13.2 Å². The molecular weight excluding hydrogens is 415 g/mol. The molecule has 160 valence electrons. The van der Waals surface area contributed by atoms with Gasteiger partial charge in [0.05, 0.1) is 17.2 Å². The van der Waals surface area contributed by atoms with Crippen LogP contribution in [0, 0.1) is 0 Å².